The first-order valence-electron chi connectivity index (χ1n) is 9.56. The molecular formula is C23H17Cl2N3O3. The molecule has 0 atom stereocenters. The van der Waals surface area contributed by atoms with Crippen molar-refractivity contribution in [1.29, 1.82) is 0 Å². The molecule has 0 N–H and O–H groups in total. The van der Waals surface area contributed by atoms with Crippen molar-refractivity contribution in [2.24, 2.45) is 0 Å². The van der Waals surface area contributed by atoms with Crippen LogP contribution in [0.5, 0.6) is 0 Å². The minimum absolute atomic E-state index is 0.209. The summed E-state index contributed by atoms with van der Waals surface area (Å²) in [5.41, 5.74) is 3.62. The minimum Gasteiger partial charge on any atom is -0.466 e. The van der Waals surface area contributed by atoms with Gasteiger partial charge in [-0.25, -0.2) is 9.50 Å². The van der Waals surface area contributed by atoms with Crippen LogP contribution in [0.15, 0.2) is 60.9 Å². The van der Waals surface area contributed by atoms with Crippen molar-refractivity contribution >= 4 is 40.6 Å². The summed E-state index contributed by atoms with van der Waals surface area (Å²) in [6.45, 7) is 1.90. The summed E-state index contributed by atoms with van der Waals surface area (Å²) in [5.74, 6) is -0.994. The third kappa shape index (κ3) is 4.17. The fourth-order valence-corrected chi connectivity index (χ4v) is 3.69. The number of carbonyl (C=O) groups excluding carboxylic acids is 2. The van der Waals surface area contributed by atoms with Gasteiger partial charge in [-0.1, -0.05) is 53.5 Å². The number of benzene rings is 2. The van der Waals surface area contributed by atoms with Gasteiger partial charge in [0.05, 0.1) is 24.1 Å². The largest absolute Gasteiger partial charge is 0.466 e. The molecule has 2 aromatic heterocycles. The van der Waals surface area contributed by atoms with Gasteiger partial charge in [0.1, 0.15) is 6.42 Å². The first kappa shape index (κ1) is 21.0. The van der Waals surface area contributed by atoms with Crippen LogP contribution in [0, 0.1) is 0 Å². The maximum atomic E-state index is 12.7. The summed E-state index contributed by atoms with van der Waals surface area (Å²) in [4.78, 5) is 28.9. The molecule has 0 unspecified atom stereocenters. The average Bonchev–Trinajstić information content (AvgIpc) is 3.19. The summed E-state index contributed by atoms with van der Waals surface area (Å²) >= 11 is 12.5. The van der Waals surface area contributed by atoms with E-state index in [9.17, 15) is 9.59 Å². The number of ether oxygens (including phenoxy) is 1. The Hall–Kier alpha value is -3.22. The fourth-order valence-electron chi connectivity index (χ4n) is 3.33. The molecule has 2 heterocycles. The Labute approximate surface area is 188 Å². The van der Waals surface area contributed by atoms with E-state index in [1.807, 2.05) is 30.3 Å². The lowest BCUT2D eigenvalue weighted by Gasteiger charge is -2.13. The number of esters is 1. The molecule has 31 heavy (non-hydrogen) atoms. The Bertz CT molecular complexity index is 1280. The van der Waals surface area contributed by atoms with Crippen molar-refractivity contribution in [3.05, 3.63) is 76.5 Å². The van der Waals surface area contributed by atoms with Crippen LogP contribution in [0.3, 0.4) is 0 Å². The number of nitrogens with zero attached hydrogens (tertiary/aromatic N) is 3. The SMILES string of the molecule is CCOC(=O)CC(=O)c1cnn2c(-c3ccc(Cl)cc3)c(-c3ccccc3Cl)cnc12. The maximum absolute atomic E-state index is 12.7. The minimum atomic E-state index is -0.586. The molecule has 4 rings (SSSR count). The second kappa shape index (κ2) is 8.88. The van der Waals surface area contributed by atoms with Crippen molar-refractivity contribution in [2.75, 3.05) is 6.61 Å². The zero-order valence-corrected chi connectivity index (χ0v) is 18.0. The molecule has 0 bridgehead atoms. The van der Waals surface area contributed by atoms with Crippen LogP contribution in [-0.2, 0) is 9.53 Å². The zero-order chi connectivity index (χ0) is 22.0. The van der Waals surface area contributed by atoms with Crippen LogP contribution in [0.25, 0.3) is 28.0 Å². The van der Waals surface area contributed by atoms with E-state index in [0.717, 1.165) is 16.7 Å². The van der Waals surface area contributed by atoms with Gasteiger partial charge in [-0.2, -0.15) is 5.10 Å². The molecule has 2 aromatic carbocycles. The molecule has 6 nitrogen and oxygen atoms in total. The van der Waals surface area contributed by atoms with Crippen LogP contribution >= 0.6 is 23.2 Å². The van der Waals surface area contributed by atoms with Gasteiger partial charge < -0.3 is 4.74 Å². The summed E-state index contributed by atoms with van der Waals surface area (Å²) in [6, 6.07) is 14.7. The second-order valence-electron chi connectivity index (χ2n) is 6.71. The Morgan fingerprint density at radius 2 is 1.74 bits per heavy atom. The summed E-state index contributed by atoms with van der Waals surface area (Å²) in [5, 5.41) is 5.57. The predicted molar refractivity (Wildman–Crippen MR) is 119 cm³/mol. The molecule has 156 valence electrons. The number of Topliss-reactive ketones (excluding diaryl/α,β-unsaturated/α-hetero) is 1. The molecular weight excluding hydrogens is 437 g/mol. The number of hydrogen-bond donors (Lipinski definition) is 0. The molecule has 0 aliphatic carbocycles. The van der Waals surface area contributed by atoms with Crippen molar-refractivity contribution in [2.45, 2.75) is 13.3 Å². The van der Waals surface area contributed by atoms with E-state index in [2.05, 4.69) is 10.1 Å². The van der Waals surface area contributed by atoms with Crippen molar-refractivity contribution in [3.63, 3.8) is 0 Å². The van der Waals surface area contributed by atoms with E-state index in [4.69, 9.17) is 27.9 Å². The lowest BCUT2D eigenvalue weighted by Crippen LogP contribution is -2.11. The van der Waals surface area contributed by atoms with Crippen LogP contribution in [0.2, 0.25) is 10.0 Å². The highest BCUT2D eigenvalue weighted by Crippen LogP contribution is 2.36. The highest BCUT2D eigenvalue weighted by atomic mass is 35.5. The lowest BCUT2D eigenvalue weighted by molar-refractivity contribution is -0.141. The third-order valence-electron chi connectivity index (χ3n) is 4.72. The monoisotopic (exact) mass is 453 g/mol. The first-order chi connectivity index (χ1) is 15.0. The van der Waals surface area contributed by atoms with Crippen LogP contribution in [0.4, 0.5) is 0 Å². The van der Waals surface area contributed by atoms with E-state index >= 15 is 0 Å². The Morgan fingerprint density at radius 1 is 1.00 bits per heavy atom. The lowest BCUT2D eigenvalue weighted by atomic mass is 10.0. The fraction of sp³-hybridized carbons (Fsp3) is 0.130. The molecule has 0 amide bonds. The molecule has 0 aliphatic heterocycles. The smallest absolute Gasteiger partial charge is 0.313 e. The highest BCUT2D eigenvalue weighted by Gasteiger charge is 2.22. The van der Waals surface area contributed by atoms with Crippen LogP contribution in [-0.4, -0.2) is 33.0 Å². The van der Waals surface area contributed by atoms with E-state index in [1.165, 1.54) is 6.20 Å². The Morgan fingerprint density at radius 3 is 2.45 bits per heavy atom. The molecule has 0 fully saturated rings. The van der Waals surface area contributed by atoms with E-state index in [1.54, 1.807) is 35.8 Å². The Balaban J connectivity index is 1.91. The van der Waals surface area contributed by atoms with E-state index < -0.39 is 11.8 Å². The van der Waals surface area contributed by atoms with Gasteiger partial charge in [-0.05, 0) is 25.1 Å². The van der Waals surface area contributed by atoms with Gasteiger partial charge in [-0.15, -0.1) is 0 Å². The zero-order valence-electron chi connectivity index (χ0n) is 16.5. The number of ketones is 1. The quantitative estimate of drug-likeness (QED) is 0.218. The van der Waals surface area contributed by atoms with Gasteiger partial charge in [0.15, 0.2) is 11.4 Å². The standard InChI is InChI=1S/C23H17Cl2N3O3/c1-2-31-21(30)11-20(29)18-13-27-28-22(14-7-9-15(24)10-8-14)17(12-26-23(18)28)16-5-3-4-6-19(16)25/h3-10,12-13H,2,11H2,1H3. The number of halogens is 2. The normalized spacial score (nSPS) is 10.9. The molecule has 0 saturated carbocycles. The van der Waals surface area contributed by atoms with Gasteiger partial charge in [0.25, 0.3) is 0 Å². The number of rotatable bonds is 6. The second-order valence-corrected chi connectivity index (χ2v) is 7.55. The molecule has 8 heteroatoms. The van der Waals surface area contributed by atoms with Gasteiger partial charge in [0.2, 0.25) is 0 Å². The molecule has 4 aromatic rings. The van der Waals surface area contributed by atoms with Crippen molar-refractivity contribution in [3.8, 4) is 22.4 Å². The van der Waals surface area contributed by atoms with Crippen LogP contribution < -0.4 is 0 Å². The van der Waals surface area contributed by atoms with Gasteiger partial charge in [0, 0.05) is 32.9 Å². The molecule has 0 spiro atoms. The summed E-state index contributed by atoms with van der Waals surface area (Å²) in [6.07, 6.45) is 2.70. The number of hydrogen-bond acceptors (Lipinski definition) is 5. The van der Waals surface area contributed by atoms with Gasteiger partial charge in [-0.3, -0.25) is 9.59 Å². The number of aromatic nitrogens is 3. The Kier molecular flexibility index (Phi) is 6.02. The molecule has 0 aliphatic rings. The number of carbonyl (C=O) groups is 2. The maximum Gasteiger partial charge on any atom is 0.313 e. The van der Waals surface area contributed by atoms with Crippen molar-refractivity contribution in [1.82, 2.24) is 14.6 Å². The third-order valence-corrected chi connectivity index (χ3v) is 5.30. The van der Waals surface area contributed by atoms with Gasteiger partial charge >= 0.3 is 5.97 Å². The highest BCUT2D eigenvalue weighted by molar-refractivity contribution is 6.33. The molecule has 0 saturated heterocycles. The predicted octanol–water partition coefficient (Wildman–Crippen LogP) is 5.51. The molecule has 0 radical (unpaired) electrons. The summed E-state index contributed by atoms with van der Waals surface area (Å²) in [7, 11) is 0. The first-order valence-corrected chi connectivity index (χ1v) is 10.3. The average molecular weight is 454 g/mol. The van der Waals surface area contributed by atoms with Crippen LogP contribution in [0.1, 0.15) is 23.7 Å². The topological polar surface area (TPSA) is 73.6 Å². The van der Waals surface area contributed by atoms with Crippen molar-refractivity contribution < 1.29 is 14.3 Å². The number of fused-ring (bicyclic) bond motifs is 1. The summed E-state index contributed by atoms with van der Waals surface area (Å²) < 4.78 is 6.47. The van der Waals surface area contributed by atoms with E-state index in [0.29, 0.717) is 21.4 Å². The van der Waals surface area contributed by atoms with E-state index in [-0.39, 0.29) is 18.6 Å².